The fourth-order valence-electron chi connectivity index (χ4n) is 23.8. The number of rotatable bonds is 4. The predicted molar refractivity (Wildman–Crippen MR) is 246 cm³/mol. The lowest BCUT2D eigenvalue weighted by Crippen LogP contribution is -2.68. The maximum atomic E-state index is 15.5. The smallest absolute Gasteiger partial charge is 0.449 e. The quantitative estimate of drug-likeness (QED) is 0.108. The second-order valence-corrected chi connectivity index (χ2v) is 28.6. The highest BCUT2D eigenvalue weighted by Gasteiger charge is 2.95. The molecule has 0 aromatic heterocycles. The second-order valence-electron chi connectivity index (χ2n) is 28.6. The fourth-order valence-corrected chi connectivity index (χ4v) is 23.8. The zero-order valence-electron chi connectivity index (χ0n) is 45.7. The lowest BCUT2D eigenvalue weighted by molar-refractivity contribution is -0.417. The van der Waals surface area contributed by atoms with Gasteiger partial charge in [0.1, 0.15) is 19.0 Å². The van der Waals surface area contributed by atoms with Crippen molar-refractivity contribution in [3.8, 4) is 0 Å². The number of halogens is 15. The van der Waals surface area contributed by atoms with Crippen LogP contribution < -0.4 is 0 Å². The molecule has 3 heterocycles. The summed E-state index contributed by atoms with van der Waals surface area (Å²) in [5, 5.41) is 29.9. The normalized spacial score (nSPS) is 59.2. The minimum atomic E-state index is -5.72. The minimum Gasteiger partial charge on any atom is -0.449 e. The van der Waals surface area contributed by atoms with Crippen molar-refractivity contribution in [1.82, 2.24) is 0 Å². The van der Waals surface area contributed by atoms with Crippen molar-refractivity contribution in [2.24, 2.45) is 142 Å². The molecule has 460 valence electrons. The lowest BCUT2D eigenvalue weighted by Gasteiger charge is -2.50. The van der Waals surface area contributed by atoms with E-state index in [0.29, 0.717) is 66.1 Å². The van der Waals surface area contributed by atoms with Crippen LogP contribution >= 0.6 is 0 Å². The SMILES string of the molecule is CC(=O)OC12C3CC(C4C5CC(C(C)C5C)C43)C1OC(O)(C(F)(F)F)C2(F)F.CC1C(C)C2CC1C1C3CC(C21)C1(C3)CC(F)(F)C(O)(C(F)(F)F)O1.COCOC12C3CC(C4C5CC(C(C)C5C)C43)C1OC(O)(C(F)(F)F)C2(F)F. The predicted octanol–water partition coefficient (Wildman–Crippen LogP) is 11.0. The van der Waals surface area contributed by atoms with Crippen molar-refractivity contribution >= 4 is 5.97 Å². The molecule has 0 aromatic rings. The van der Waals surface area contributed by atoms with Gasteiger partial charge in [0.25, 0.3) is 0 Å². The third-order valence-corrected chi connectivity index (χ3v) is 26.7. The van der Waals surface area contributed by atoms with Gasteiger partial charge in [-0.1, -0.05) is 41.5 Å². The van der Waals surface area contributed by atoms with E-state index in [0.717, 1.165) is 26.2 Å². The van der Waals surface area contributed by atoms with Crippen LogP contribution in [-0.4, -0.2) is 118 Å². The van der Waals surface area contributed by atoms with E-state index >= 15 is 17.6 Å². The first-order valence-corrected chi connectivity index (χ1v) is 29.0. The van der Waals surface area contributed by atoms with Crippen LogP contribution in [0.4, 0.5) is 65.9 Å². The molecule has 0 aromatic carbocycles. The molecule has 81 heavy (non-hydrogen) atoms. The van der Waals surface area contributed by atoms with Crippen molar-refractivity contribution in [3.05, 3.63) is 0 Å². The van der Waals surface area contributed by atoms with Crippen LogP contribution in [-0.2, 0) is 33.2 Å². The number of alkyl halides is 15. The molecule has 3 N–H and O–H groups in total. The van der Waals surface area contributed by atoms with E-state index in [9.17, 15) is 68.4 Å². The highest BCUT2D eigenvalue weighted by Crippen LogP contribution is 2.81. The van der Waals surface area contributed by atoms with Crippen LogP contribution in [0.2, 0.25) is 0 Å². The van der Waals surface area contributed by atoms with E-state index in [4.69, 9.17) is 28.4 Å². The van der Waals surface area contributed by atoms with E-state index in [2.05, 4.69) is 41.5 Å². The first-order valence-electron chi connectivity index (χ1n) is 29.0. The lowest BCUT2D eigenvalue weighted by atomic mass is 9.59. The molecule has 12 saturated carbocycles. The number of ether oxygens (including phenoxy) is 6. The van der Waals surface area contributed by atoms with Crippen LogP contribution in [0.25, 0.3) is 0 Å². The topological polar surface area (TPSA) is 133 Å². The molecule has 0 radical (unpaired) electrons. The van der Waals surface area contributed by atoms with Crippen LogP contribution in [0.1, 0.15) is 99.8 Å². The van der Waals surface area contributed by atoms with Crippen molar-refractivity contribution < 1.29 is 114 Å². The summed E-state index contributed by atoms with van der Waals surface area (Å²) in [5.74, 6) is -26.7. The molecule has 3 aliphatic heterocycles. The Bertz CT molecular complexity index is 2590. The monoisotopic (exact) mass is 1190 g/mol. The Morgan fingerprint density at radius 1 is 0.506 bits per heavy atom. The fraction of sp³-hybridized carbons (Fsp3) is 0.982. The number of hydrogen-bond acceptors (Lipinski definition) is 10. The highest BCUT2D eigenvalue weighted by molar-refractivity contribution is 5.67. The van der Waals surface area contributed by atoms with Gasteiger partial charge in [0.2, 0.25) is 5.60 Å². The molecule has 32 unspecified atom stereocenters. The van der Waals surface area contributed by atoms with Crippen LogP contribution in [0.5, 0.6) is 0 Å². The van der Waals surface area contributed by atoms with Crippen LogP contribution in [0.3, 0.4) is 0 Å². The van der Waals surface area contributed by atoms with E-state index in [-0.39, 0.29) is 77.9 Å². The summed E-state index contributed by atoms with van der Waals surface area (Å²) in [5.41, 5.74) is -6.82. The molecule has 15 fully saturated rings. The first-order chi connectivity index (χ1) is 37.1. The molecular formula is C56H71F15O10. The first kappa shape index (κ1) is 58.1. The van der Waals surface area contributed by atoms with Crippen LogP contribution in [0.15, 0.2) is 0 Å². The number of carbonyl (C=O) groups is 1. The van der Waals surface area contributed by atoms with Gasteiger partial charge in [-0.25, -0.2) is 8.78 Å². The summed E-state index contributed by atoms with van der Waals surface area (Å²) in [6.07, 6.45) is -16.7. The van der Waals surface area contributed by atoms with Gasteiger partial charge in [-0.2, -0.15) is 57.1 Å². The zero-order chi connectivity index (χ0) is 59.2. The van der Waals surface area contributed by atoms with Crippen molar-refractivity contribution in [2.75, 3.05) is 13.9 Å². The van der Waals surface area contributed by atoms with E-state index < -0.39 is 126 Å². The number of aliphatic hydroxyl groups is 3. The van der Waals surface area contributed by atoms with E-state index in [1.54, 1.807) is 0 Å². The molecular weight excluding hydrogens is 1120 g/mol. The van der Waals surface area contributed by atoms with Crippen molar-refractivity contribution in [3.63, 3.8) is 0 Å². The molecule has 12 aliphatic carbocycles. The van der Waals surface area contributed by atoms with Gasteiger partial charge in [-0.3, -0.25) is 4.79 Å². The zero-order valence-corrected chi connectivity index (χ0v) is 45.7. The molecule has 25 heteroatoms. The Balaban J connectivity index is 0.000000115. The Labute approximate surface area is 457 Å². The summed E-state index contributed by atoms with van der Waals surface area (Å²) < 4.78 is 241. The number of carbonyl (C=O) groups excluding carboxylic acids is 1. The molecule has 15 rings (SSSR count). The van der Waals surface area contributed by atoms with E-state index in [1.165, 1.54) is 7.11 Å². The van der Waals surface area contributed by atoms with Gasteiger partial charge in [-0.05, 0) is 175 Å². The molecule has 3 saturated heterocycles. The van der Waals surface area contributed by atoms with Gasteiger partial charge < -0.3 is 43.7 Å². The number of fused-ring (bicyclic) bond motifs is 34. The standard InChI is InChI=1S/C19H25F5O4.C19H23F5O4.C18H23F5O2/c1-7-8(2)10-4-9(7)13-11-5-12(14(10)13)16(27-6-26-3)15(11)28-18(25,17(16,20)21)19(22,23)24;1-6-7(2)10-4-9(6)13-11-5-12(14(10)13)16(27-8(3)25)15(11)28-18(26,17(16,20)21)19(22,23)24;1-7-8(2)11-4-10(7)13-9-3-12(14(11)13)15(5-9)6-16(19,20)17(24,25-15)18(21,22)23/h7-15,25H,4-6H2,1-3H3;6-7,9-15,26H,4-5H2,1-3H3;7-14,24H,3-6H2,1-2H3. The van der Waals surface area contributed by atoms with E-state index in [1.807, 2.05) is 0 Å². The third kappa shape index (κ3) is 6.44. The average molecular weight is 1190 g/mol. The molecule has 0 amide bonds. The third-order valence-electron chi connectivity index (χ3n) is 26.7. The number of hydrogen-bond donors (Lipinski definition) is 3. The van der Waals surface area contributed by atoms with Crippen LogP contribution in [0, 0.1) is 142 Å². The number of esters is 1. The molecule has 12 bridgehead atoms. The van der Waals surface area contributed by atoms with Gasteiger partial charge >= 0.3 is 59.6 Å². The van der Waals surface area contributed by atoms with Crippen molar-refractivity contribution in [1.29, 1.82) is 0 Å². The van der Waals surface area contributed by atoms with Gasteiger partial charge in [-0.15, -0.1) is 0 Å². The summed E-state index contributed by atoms with van der Waals surface area (Å²) in [7, 11) is 1.23. The summed E-state index contributed by atoms with van der Waals surface area (Å²) in [6.45, 7) is 13.2. The minimum absolute atomic E-state index is 0.0266. The summed E-state index contributed by atoms with van der Waals surface area (Å²) >= 11 is 0. The summed E-state index contributed by atoms with van der Waals surface area (Å²) in [4.78, 5) is 11.8. The van der Waals surface area contributed by atoms with Gasteiger partial charge in [0.15, 0.2) is 5.60 Å². The Kier molecular flexibility index (Phi) is 12.1. The second kappa shape index (κ2) is 16.8. The molecule has 1 spiro atoms. The Morgan fingerprint density at radius 2 is 0.877 bits per heavy atom. The highest BCUT2D eigenvalue weighted by atomic mass is 19.4. The van der Waals surface area contributed by atoms with Gasteiger partial charge in [0.05, 0.1) is 5.60 Å². The average Bonchev–Trinajstić information content (AvgIpc) is 1.70. The Morgan fingerprint density at radius 3 is 1.27 bits per heavy atom. The summed E-state index contributed by atoms with van der Waals surface area (Å²) in [6, 6.07) is 0. The maximum absolute atomic E-state index is 15.5. The Hall–Kier alpha value is -1.90. The van der Waals surface area contributed by atoms with Crippen molar-refractivity contribution in [2.45, 2.75) is 183 Å². The maximum Gasteiger partial charge on any atom is 0.449 e. The molecule has 15 aliphatic rings. The van der Waals surface area contributed by atoms with Gasteiger partial charge in [0, 0.05) is 32.3 Å². The molecule has 32 atom stereocenters. The number of methoxy groups -OCH3 is 1. The molecule has 10 nitrogen and oxygen atoms in total. The largest absolute Gasteiger partial charge is 0.449 e.